The molecule has 0 aromatic rings. The van der Waals surface area contributed by atoms with Crippen molar-refractivity contribution in [2.75, 3.05) is 33.2 Å². The van der Waals surface area contributed by atoms with Crippen LogP contribution in [-0.4, -0.2) is 50.2 Å². The first-order chi connectivity index (χ1) is 6.22. The van der Waals surface area contributed by atoms with Crippen LogP contribution in [0.3, 0.4) is 0 Å². The summed E-state index contributed by atoms with van der Waals surface area (Å²) in [6.45, 7) is 3.77. The van der Waals surface area contributed by atoms with Gasteiger partial charge in [0.25, 0.3) is 0 Å². The molecule has 5 N–H and O–H groups in total. The first-order valence-corrected chi connectivity index (χ1v) is 5.10. The van der Waals surface area contributed by atoms with Crippen LogP contribution in [0.25, 0.3) is 0 Å². The van der Waals surface area contributed by atoms with Gasteiger partial charge >= 0.3 is 0 Å². The Kier molecular flexibility index (Phi) is 4.66. The van der Waals surface area contributed by atoms with Gasteiger partial charge in [-0.2, -0.15) is 0 Å². The van der Waals surface area contributed by atoms with Gasteiger partial charge in [0, 0.05) is 31.7 Å². The van der Waals surface area contributed by atoms with E-state index in [2.05, 4.69) is 17.3 Å². The van der Waals surface area contributed by atoms with Crippen molar-refractivity contribution in [3.63, 3.8) is 0 Å². The Morgan fingerprint density at radius 2 is 2.38 bits per heavy atom. The highest BCUT2D eigenvalue weighted by Gasteiger charge is 2.16. The molecule has 1 heterocycles. The van der Waals surface area contributed by atoms with Gasteiger partial charge in [-0.05, 0) is 26.4 Å². The molecular weight excluding hydrogens is 164 g/mol. The fourth-order valence-electron chi connectivity index (χ4n) is 1.73. The first-order valence-electron chi connectivity index (χ1n) is 5.10. The molecule has 2 atom stereocenters. The number of rotatable bonds is 4. The van der Waals surface area contributed by atoms with Gasteiger partial charge in [0.15, 0.2) is 0 Å². The number of piperidine rings is 1. The maximum Gasteiger partial charge on any atom is 0.0290 e. The summed E-state index contributed by atoms with van der Waals surface area (Å²) in [4.78, 5) is 2.36. The van der Waals surface area contributed by atoms with Gasteiger partial charge in [0.05, 0.1) is 0 Å². The number of hydrogen-bond acceptors (Lipinski definition) is 4. The highest BCUT2D eigenvalue weighted by atomic mass is 15.1. The Balaban J connectivity index is 2.13. The Bertz CT molecular complexity index is 140. The van der Waals surface area contributed by atoms with Crippen LogP contribution in [-0.2, 0) is 0 Å². The zero-order chi connectivity index (χ0) is 9.68. The molecule has 1 aliphatic rings. The summed E-state index contributed by atoms with van der Waals surface area (Å²) >= 11 is 0. The highest BCUT2D eigenvalue weighted by Crippen LogP contribution is 2.07. The van der Waals surface area contributed by atoms with E-state index in [1.54, 1.807) is 0 Å². The molecule has 0 aliphatic carbocycles. The van der Waals surface area contributed by atoms with Gasteiger partial charge in [-0.3, -0.25) is 0 Å². The third-order valence-electron chi connectivity index (χ3n) is 2.60. The summed E-state index contributed by atoms with van der Waals surface area (Å²) in [6.07, 6.45) is 2.55. The monoisotopic (exact) mass is 186 g/mol. The minimum Gasteiger partial charge on any atom is -0.329 e. The lowest BCUT2D eigenvalue weighted by Crippen LogP contribution is -2.49. The van der Waals surface area contributed by atoms with Crippen molar-refractivity contribution >= 4 is 0 Å². The maximum absolute atomic E-state index is 5.72. The van der Waals surface area contributed by atoms with Crippen LogP contribution in [0, 0.1) is 0 Å². The fraction of sp³-hybridized carbons (Fsp3) is 1.00. The largest absolute Gasteiger partial charge is 0.329 e. The Labute approximate surface area is 80.6 Å². The van der Waals surface area contributed by atoms with Gasteiger partial charge in [-0.25, -0.2) is 0 Å². The second kappa shape index (κ2) is 5.54. The van der Waals surface area contributed by atoms with Crippen molar-refractivity contribution in [3.05, 3.63) is 0 Å². The smallest absolute Gasteiger partial charge is 0.0290 e. The van der Waals surface area contributed by atoms with E-state index in [1.807, 2.05) is 0 Å². The molecular formula is C9H22N4. The zero-order valence-corrected chi connectivity index (χ0v) is 8.50. The van der Waals surface area contributed by atoms with Crippen LogP contribution in [0.15, 0.2) is 0 Å². The average molecular weight is 186 g/mol. The Morgan fingerprint density at radius 1 is 1.62 bits per heavy atom. The number of likely N-dealkylation sites (tertiary alicyclic amines) is 1. The number of nitrogens with zero attached hydrogens (tertiary/aromatic N) is 1. The molecule has 0 bridgehead atoms. The second-order valence-corrected chi connectivity index (χ2v) is 4.01. The lowest BCUT2D eigenvalue weighted by atomic mass is 10.1. The van der Waals surface area contributed by atoms with Crippen molar-refractivity contribution in [3.8, 4) is 0 Å². The molecule has 2 unspecified atom stereocenters. The summed E-state index contributed by atoms with van der Waals surface area (Å²) in [5.41, 5.74) is 11.2. The average Bonchev–Trinajstić information content (AvgIpc) is 2.14. The van der Waals surface area contributed by atoms with E-state index in [0.29, 0.717) is 12.6 Å². The molecule has 0 amide bonds. The topological polar surface area (TPSA) is 67.3 Å². The van der Waals surface area contributed by atoms with Gasteiger partial charge in [-0.1, -0.05) is 0 Å². The fourth-order valence-corrected chi connectivity index (χ4v) is 1.73. The molecule has 1 saturated heterocycles. The molecule has 0 saturated carbocycles. The lowest BCUT2D eigenvalue weighted by molar-refractivity contribution is 0.226. The van der Waals surface area contributed by atoms with Crippen molar-refractivity contribution < 1.29 is 0 Å². The Hall–Kier alpha value is -0.160. The summed E-state index contributed by atoms with van der Waals surface area (Å²) in [5, 5.41) is 3.46. The molecule has 4 nitrogen and oxygen atoms in total. The highest BCUT2D eigenvalue weighted by molar-refractivity contribution is 4.78. The predicted molar refractivity (Wildman–Crippen MR) is 55.6 cm³/mol. The third kappa shape index (κ3) is 4.04. The molecule has 0 radical (unpaired) electrons. The van der Waals surface area contributed by atoms with Crippen molar-refractivity contribution in [2.24, 2.45) is 11.5 Å². The van der Waals surface area contributed by atoms with Crippen molar-refractivity contribution in [2.45, 2.75) is 24.9 Å². The number of nitrogens with one attached hydrogen (secondary N) is 1. The van der Waals surface area contributed by atoms with Crippen molar-refractivity contribution in [1.29, 1.82) is 0 Å². The lowest BCUT2D eigenvalue weighted by Gasteiger charge is -2.31. The quantitative estimate of drug-likeness (QED) is 0.524. The summed E-state index contributed by atoms with van der Waals surface area (Å²) in [5.74, 6) is 0. The van der Waals surface area contributed by atoms with E-state index in [0.717, 1.165) is 13.1 Å². The molecule has 13 heavy (non-hydrogen) atoms. The minimum absolute atomic E-state index is 0.104. The van der Waals surface area contributed by atoms with Gasteiger partial charge < -0.3 is 21.7 Å². The summed E-state index contributed by atoms with van der Waals surface area (Å²) < 4.78 is 0. The van der Waals surface area contributed by atoms with E-state index in [9.17, 15) is 0 Å². The molecule has 0 spiro atoms. The Morgan fingerprint density at radius 3 is 3.00 bits per heavy atom. The normalized spacial score (nSPS) is 27.5. The molecule has 1 aliphatic heterocycles. The van der Waals surface area contributed by atoms with E-state index < -0.39 is 0 Å². The van der Waals surface area contributed by atoms with Crippen LogP contribution in [0.4, 0.5) is 0 Å². The predicted octanol–water partition coefficient (Wildman–Crippen LogP) is -1.04. The van der Waals surface area contributed by atoms with E-state index >= 15 is 0 Å². The molecule has 0 aromatic heterocycles. The van der Waals surface area contributed by atoms with Crippen LogP contribution in [0.1, 0.15) is 12.8 Å². The molecule has 4 heteroatoms. The van der Waals surface area contributed by atoms with Crippen LogP contribution in [0.2, 0.25) is 0 Å². The maximum atomic E-state index is 5.72. The number of nitrogens with two attached hydrogens (primary N) is 2. The van der Waals surface area contributed by atoms with Crippen LogP contribution in [0.5, 0.6) is 0 Å². The van der Waals surface area contributed by atoms with Crippen LogP contribution < -0.4 is 16.8 Å². The molecule has 78 valence electrons. The van der Waals surface area contributed by atoms with Gasteiger partial charge in [0.1, 0.15) is 0 Å². The van der Waals surface area contributed by atoms with Crippen LogP contribution >= 0.6 is 0 Å². The molecule has 1 fully saturated rings. The standard InChI is InChI=1S/C9H22N4/c1-13-4-2-3-9(7-13)12-6-8(11)5-10/h8-9,12H,2-7,10-11H2,1H3. The second-order valence-electron chi connectivity index (χ2n) is 4.01. The number of likely N-dealkylation sites (N-methyl/N-ethyl adjacent to an activating group) is 1. The van der Waals surface area contributed by atoms with E-state index in [1.165, 1.54) is 19.4 Å². The van der Waals surface area contributed by atoms with E-state index in [-0.39, 0.29) is 6.04 Å². The van der Waals surface area contributed by atoms with E-state index in [4.69, 9.17) is 11.5 Å². The number of hydrogen-bond donors (Lipinski definition) is 3. The minimum atomic E-state index is 0.104. The van der Waals surface area contributed by atoms with Gasteiger partial charge in [0.2, 0.25) is 0 Å². The third-order valence-corrected chi connectivity index (χ3v) is 2.60. The SMILES string of the molecule is CN1CCCC(NCC(N)CN)C1. The molecule has 1 rings (SSSR count). The molecule has 0 aromatic carbocycles. The first kappa shape index (κ1) is 10.9. The van der Waals surface area contributed by atoms with Crippen molar-refractivity contribution in [1.82, 2.24) is 10.2 Å². The summed E-state index contributed by atoms with van der Waals surface area (Å²) in [6, 6.07) is 0.712. The zero-order valence-electron chi connectivity index (χ0n) is 8.50. The van der Waals surface area contributed by atoms with Gasteiger partial charge in [-0.15, -0.1) is 0 Å². The summed E-state index contributed by atoms with van der Waals surface area (Å²) in [7, 11) is 2.16.